The molecule has 1 aliphatic rings. The lowest BCUT2D eigenvalue weighted by molar-refractivity contribution is -0.0705. The number of hydrogen-bond donors (Lipinski definition) is 1. The fourth-order valence-electron chi connectivity index (χ4n) is 2.44. The molecule has 1 aromatic rings. The summed E-state index contributed by atoms with van der Waals surface area (Å²) in [4.78, 5) is 13.1. The summed E-state index contributed by atoms with van der Waals surface area (Å²) in [5, 5.41) is 8.89. The highest BCUT2D eigenvalue weighted by molar-refractivity contribution is 5.84. The number of ether oxygens (including phenoxy) is 1. The summed E-state index contributed by atoms with van der Waals surface area (Å²) < 4.78 is 10.9. The lowest BCUT2D eigenvalue weighted by Crippen LogP contribution is -2.44. The predicted octanol–water partition coefficient (Wildman–Crippen LogP) is 1.90. The Balaban J connectivity index is 2.06. The molecule has 5 nitrogen and oxygen atoms in total. The molecule has 18 heavy (non-hydrogen) atoms. The average Bonchev–Trinajstić information content (AvgIpc) is 2.59. The average molecular weight is 253 g/mol. The molecule has 0 amide bonds. The quantitative estimate of drug-likeness (QED) is 0.891. The molecule has 1 aromatic heterocycles. The number of aromatic carboxylic acids is 1. The third-order valence-electron chi connectivity index (χ3n) is 3.12. The van der Waals surface area contributed by atoms with Gasteiger partial charge in [-0.2, -0.15) is 0 Å². The van der Waals surface area contributed by atoms with Crippen LogP contribution in [0.15, 0.2) is 10.5 Å². The monoisotopic (exact) mass is 253 g/mol. The minimum absolute atomic E-state index is 0.0110. The summed E-state index contributed by atoms with van der Waals surface area (Å²) in [5.41, 5.74) is 0.939. The van der Waals surface area contributed by atoms with Crippen molar-refractivity contribution in [1.82, 2.24) is 4.90 Å². The van der Waals surface area contributed by atoms with Crippen LogP contribution in [0.5, 0.6) is 0 Å². The number of rotatable bonds is 3. The minimum Gasteiger partial charge on any atom is -0.475 e. The van der Waals surface area contributed by atoms with Crippen LogP contribution in [-0.4, -0.2) is 41.3 Å². The van der Waals surface area contributed by atoms with E-state index < -0.39 is 5.97 Å². The Labute approximate surface area is 106 Å². The second-order valence-corrected chi connectivity index (χ2v) is 4.95. The van der Waals surface area contributed by atoms with E-state index in [0.29, 0.717) is 12.3 Å². The van der Waals surface area contributed by atoms with Crippen LogP contribution in [-0.2, 0) is 11.3 Å². The molecule has 0 aromatic carbocycles. The molecular weight excluding hydrogens is 234 g/mol. The highest BCUT2D eigenvalue weighted by Crippen LogP contribution is 2.19. The summed E-state index contributed by atoms with van der Waals surface area (Å²) in [5.74, 6) is -0.330. The van der Waals surface area contributed by atoms with Gasteiger partial charge in [0.1, 0.15) is 5.76 Å². The molecule has 5 heteroatoms. The molecular formula is C13H19NO4. The van der Waals surface area contributed by atoms with Gasteiger partial charge in [0.05, 0.1) is 12.2 Å². The standard InChI is InChI=1S/C13H19NO4/c1-8-5-14(6-9(2)17-8)7-11-4-12(13(15)16)18-10(11)3/h4,8-9H,5-7H2,1-3H3,(H,15,16). The zero-order valence-electron chi connectivity index (χ0n) is 11.0. The van der Waals surface area contributed by atoms with E-state index in [4.69, 9.17) is 14.3 Å². The van der Waals surface area contributed by atoms with Gasteiger partial charge in [-0.3, -0.25) is 4.90 Å². The molecule has 2 atom stereocenters. The number of aryl methyl sites for hydroxylation is 1. The largest absolute Gasteiger partial charge is 0.475 e. The number of nitrogens with zero attached hydrogens (tertiary/aromatic N) is 1. The van der Waals surface area contributed by atoms with E-state index >= 15 is 0 Å². The van der Waals surface area contributed by atoms with Crippen molar-refractivity contribution in [2.24, 2.45) is 0 Å². The van der Waals surface area contributed by atoms with E-state index in [9.17, 15) is 4.79 Å². The van der Waals surface area contributed by atoms with Crippen molar-refractivity contribution < 1.29 is 19.1 Å². The van der Waals surface area contributed by atoms with Crippen LogP contribution in [0.2, 0.25) is 0 Å². The fourth-order valence-corrected chi connectivity index (χ4v) is 2.44. The van der Waals surface area contributed by atoms with Crippen LogP contribution in [0, 0.1) is 6.92 Å². The van der Waals surface area contributed by atoms with Crippen LogP contribution in [0.4, 0.5) is 0 Å². The van der Waals surface area contributed by atoms with E-state index in [1.165, 1.54) is 0 Å². The number of carbonyl (C=O) groups is 1. The van der Waals surface area contributed by atoms with Crippen LogP contribution in [0.1, 0.15) is 35.7 Å². The third kappa shape index (κ3) is 2.91. The maximum absolute atomic E-state index is 10.8. The van der Waals surface area contributed by atoms with Crippen molar-refractivity contribution in [3.63, 3.8) is 0 Å². The van der Waals surface area contributed by atoms with Crippen molar-refractivity contribution in [2.75, 3.05) is 13.1 Å². The van der Waals surface area contributed by atoms with E-state index in [-0.39, 0.29) is 18.0 Å². The van der Waals surface area contributed by atoms with Gasteiger partial charge in [-0.15, -0.1) is 0 Å². The van der Waals surface area contributed by atoms with Gasteiger partial charge in [-0.25, -0.2) is 4.79 Å². The van der Waals surface area contributed by atoms with Crippen molar-refractivity contribution in [1.29, 1.82) is 0 Å². The number of morpholine rings is 1. The molecule has 100 valence electrons. The Kier molecular flexibility index (Phi) is 3.73. The first-order valence-electron chi connectivity index (χ1n) is 6.16. The number of hydrogen-bond acceptors (Lipinski definition) is 4. The molecule has 1 fully saturated rings. The summed E-state index contributed by atoms with van der Waals surface area (Å²) in [6, 6.07) is 1.61. The highest BCUT2D eigenvalue weighted by atomic mass is 16.5. The maximum atomic E-state index is 10.8. The molecule has 0 bridgehead atoms. The Morgan fingerprint density at radius 3 is 2.56 bits per heavy atom. The Hall–Kier alpha value is -1.33. The number of carboxylic acid groups (broad SMARTS) is 1. The van der Waals surface area contributed by atoms with Crippen molar-refractivity contribution in [3.8, 4) is 0 Å². The normalized spacial score (nSPS) is 25.3. The molecule has 2 heterocycles. The van der Waals surface area contributed by atoms with Crippen molar-refractivity contribution >= 4 is 5.97 Å². The highest BCUT2D eigenvalue weighted by Gasteiger charge is 2.23. The van der Waals surface area contributed by atoms with Crippen LogP contribution >= 0.6 is 0 Å². The first-order valence-corrected chi connectivity index (χ1v) is 6.16. The van der Waals surface area contributed by atoms with E-state index in [0.717, 1.165) is 18.7 Å². The van der Waals surface area contributed by atoms with Crippen molar-refractivity contribution in [3.05, 3.63) is 23.2 Å². The summed E-state index contributed by atoms with van der Waals surface area (Å²) in [6.45, 7) is 8.32. The summed E-state index contributed by atoms with van der Waals surface area (Å²) >= 11 is 0. The molecule has 2 rings (SSSR count). The maximum Gasteiger partial charge on any atom is 0.371 e. The molecule has 1 saturated heterocycles. The van der Waals surface area contributed by atoms with Gasteiger partial charge in [-0.1, -0.05) is 0 Å². The van der Waals surface area contributed by atoms with Gasteiger partial charge in [0.2, 0.25) is 5.76 Å². The van der Waals surface area contributed by atoms with Crippen LogP contribution < -0.4 is 0 Å². The molecule has 1 aliphatic heterocycles. The number of furan rings is 1. The molecule has 2 unspecified atom stereocenters. The van der Waals surface area contributed by atoms with E-state index in [2.05, 4.69) is 4.90 Å². The van der Waals surface area contributed by atoms with Crippen LogP contribution in [0.3, 0.4) is 0 Å². The first-order chi connectivity index (χ1) is 8.45. The van der Waals surface area contributed by atoms with Gasteiger partial charge in [0.15, 0.2) is 0 Å². The van der Waals surface area contributed by atoms with Crippen LogP contribution in [0.25, 0.3) is 0 Å². The predicted molar refractivity (Wildman–Crippen MR) is 65.7 cm³/mol. The topological polar surface area (TPSA) is 62.9 Å². The molecule has 1 N–H and O–H groups in total. The number of carboxylic acids is 1. The molecule has 0 aliphatic carbocycles. The first kappa shape index (κ1) is 13.1. The van der Waals surface area contributed by atoms with E-state index in [1.54, 1.807) is 13.0 Å². The molecule has 0 saturated carbocycles. The van der Waals surface area contributed by atoms with Crippen molar-refractivity contribution in [2.45, 2.75) is 39.5 Å². The second kappa shape index (κ2) is 5.12. The van der Waals surface area contributed by atoms with E-state index in [1.807, 2.05) is 13.8 Å². The van der Waals surface area contributed by atoms with Gasteiger partial charge in [-0.05, 0) is 26.8 Å². The minimum atomic E-state index is -1.02. The third-order valence-corrected chi connectivity index (χ3v) is 3.12. The zero-order valence-corrected chi connectivity index (χ0v) is 11.0. The lowest BCUT2D eigenvalue weighted by Gasteiger charge is -2.35. The molecule has 0 radical (unpaired) electrons. The Bertz CT molecular complexity index is 430. The summed E-state index contributed by atoms with van der Waals surface area (Å²) in [7, 11) is 0. The molecule has 0 spiro atoms. The SMILES string of the molecule is Cc1oc(C(=O)O)cc1CN1CC(C)OC(C)C1. The second-order valence-electron chi connectivity index (χ2n) is 4.95. The Morgan fingerprint density at radius 1 is 1.44 bits per heavy atom. The Morgan fingerprint density at radius 2 is 2.06 bits per heavy atom. The summed E-state index contributed by atoms with van der Waals surface area (Å²) in [6.07, 6.45) is 0.416. The lowest BCUT2D eigenvalue weighted by atomic mass is 10.2. The smallest absolute Gasteiger partial charge is 0.371 e. The van der Waals surface area contributed by atoms with Gasteiger partial charge in [0.25, 0.3) is 0 Å². The van der Waals surface area contributed by atoms with Gasteiger partial charge >= 0.3 is 5.97 Å². The zero-order chi connectivity index (χ0) is 13.3. The van der Waals surface area contributed by atoms with Gasteiger partial charge in [0, 0.05) is 25.2 Å². The fraction of sp³-hybridized carbons (Fsp3) is 0.615. The van der Waals surface area contributed by atoms with Gasteiger partial charge < -0.3 is 14.3 Å².